The number of carbonyl (C=O) groups excluding carboxylic acids is 1. The van der Waals surface area contributed by atoms with Gasteiger partial charge in [0.2, 0.25) is 0 Å². The molecule has 0 spiro atoms. The van der Waals surface area contributed by atoms with Crippen LogP contribution in [-0.4, -0.2) is 16.8 Å². The van der Waals surface area contributed by atoms with Gasteiger partial charge in [0.05, 0.1) is 11.8 Å². The summed E-state index contributed by atoms with van der Waals surface area (Å²) < 4.78 is 0. The molecule has 2 rings (SSSR count). The fraction of sp³-hybridized carbons (Fsp3) is 0.176. The molecular weight excluding hydrogens is 296 g/mol. The lowest BCUT2D eigenvalue weighted by Gasteiger charge is -2.14. The number of nitrogens with zero attached hydrogens (tertiary/aromatic N) is 1. The highest BCUT2D eigenvalue weighted by molar-refractivity contribution is 7.99. The molecule has 5 heteroatoms. The molecule has 4 nitrogen and oxygen atoms in total. The molecule has 0 aliphatic carbocycles. The summed E-state index contributed by atoms with van der Waals surface area (Å²) in [6.07, 6.45) is -0.766. The standard InChI is InChI=1S/C17H16N2O2S/c18-11-6-12-22-15-10-5-4-9-14(15)19-17(21)16(20)13-7-2-1-3-8-13/h1-5,7-10,16,20H,6,12H2,(H,19,21). The minimum atomic E-state index is -1.21. The van der Waals surface area contributed by atoms with Crippen molar-refractivity contribution in [2.45, 2.75) is 17.4 Å². The Hall–Kier alpha value is -2.29. The van der Waals surface area contributed by atoms with E-state index in [4.69, 9.17) is 5.26 Å². The van der Waals surface area contributed by atoms with Gasteiger partial charge >= 0.3 is 0 Å². The lowest BCUT2D eigenvalue weighted by atomic mass is 10.1. The number of anilines is 1. The van der Waals surface area contributed by atoms with E-state index in [1.165, 1.54) is 11.8 Å². The summed E-state index contributed by atoms with van der Waals surface area (Å²) in [6.45, 7) is 0. The monoisotopic (exact) mass is 312 g/mol. The van der Waals surface area contributed by atoms with Gasteiger partial charge < -0.3 is 10.4 Å². The van der Waals surface area contributed by atoms with Crippen LogP contribution in [0.1, 0.15) is 18.1 Å². The molecule has 0 aliphatic heterocycles. The lowest BCUT2D eigenvalue weighted by Crippen LogP contribution is -2.21. The number of nitriles is 1. The predicted octanol–water partition coefficient (Wildman–Crippen LogP) is 3.36. The molecule has 0 radical (unpaired) electrons. The second kappa shape index (κ2) is 8.23. The molecule has 1 amide bonds. The van der Waals surface area contributed by atoms with Gasteiger partial charge in [0.25, 0.3) is 5.91 Å². The van der Waals surface area contributed by atoms with Crippen molar-refractivity contribution in [2.24, 2.45) is 0 Å². The third kappa shape index (κ3) is 4.35. The summed E-state index contributed by atoms with van der Waals surface area (Å²) in [6, 6.07) is 18.2. The normalized spacial score (nSPS) is 11.5. The Labute approximate surface area is 133 Å². The zero-order valence-electron chi connectivity index (χ0n) is 11.9. The molecule has 0 heterocycles. The number of aliphatic hydroxyl groups excluding tert-OH is 1. The summed E-state index contributed by atoms with van der Waals surface area (Å²) in [7, 11) is 0. The minimum absolute atomic E-state index is 0.444. The smallest absolute Gasteiger partial charge is 0.257 e. The van der Waals surface area contributed by atoms with Crippen LogP contribution < -0.4 is 5.32 Å². The second-order valence-corrected chi connectivity index (χ2v) is 5.69. The fourth-order valence-electron chi connectivity index (χ4n) is 1.89. The maximum Gasteiger partial charge on any atom is 0.257 e. The molecule has 0 aromatic heterocycles. The maximum atomic E-state index is 12.2. The molecule has 112 valence electrons. The molecule has 0 fully saturated rings. The summed E-state index contributed by atoms with van der Waals surface area (Å²) in [5.41, 5.74) is 1.19. The van der Waals surface area contributed by atoms with Gasteiger partial charge in [-0.25, -0.2) is 0 Å². The average Bonchev–Trinajstić information content (AvgIpc) is 2.56. The number of para-hydroxylation sites is 1. The quantitative estimate of drug-likeness (QED) is 0.633. The second-order valence-electron chi connectivity index (χ2n) is 4.56. The highest BCUT2D eigenvalue weighted by Crippen LogP contribution is 2.28. The van der Waals surface area contributed by atoms with E-state index in [0.29, 0.717) is 23.4 Å². The van der Waals surface area contributed by atoms with Crippen molar-refractivity contribution in [1.82, 2.24) is 0 Å². The third-order valence-electron chi connectivity index (χ3n) is 2.98. The Morgan fingerprint density at radius 3 is 2.59 bits per heavy atom. The third-order valence-corrected chi connectivity index (χ3v) is 4.06. The van der Waals surface area contributed by atoms with Gasteiger partial charge in [-0.3, -0.25) is 4.79 Å². The summed E-state index contributed by atoms with van der Waals surface area (Å²) in [5.74, 6) is 0.185. The highest BCUT2D eigenvalue weighted by atomic mass is 32.2. The van der Waals surface area contributed by atoms with Crippen LogP contribution in [0.2, 0.25) is 0 Å². The van der Waals surface area contributed by atoms with E-state index in [9.17, 15) is 9.90 Å². The maximum absolute atomic E-state index is 12.2. The number of benzene rings is 2. The van der Waals surface area contributed by atoms with Crippen molar-refractivity contribution in [3.05, 3.63) is 60.2 Å². The number of nitrogens with one attached hydrogen (secondary N) is 1. The van der Waals surface area contributed by atoms with Crippen LogP contribution in [0.3, 0.4) is 0 Å². The molecule has 0 saturated heterocycles. The van der Waals surface area contributed by atoms with Gasteiger partial charge in [-0.15, -0.1) is 11.8 Å². The van der Waals surface area contributed by atoms with Crippen molar-refractivity contribution >= 4 is 23.4 Å². The molecule has 0 aliphatic rings. The number of aliphatic hydroxyl groups is 1. The van der Waals surface area contributed by atoms with Gasteiger partial charge in [-0.2, -0.15) is 5.26 Å². The van der Waals surface area contributed by atoms with Crippen LogP contribution in [0.15, 0.2) is 59.5 Å². The largest absolute Gasteiger partial charge is 0.378 e. The molecular formula is C17H16N2O2S. The molecule has 1 unspecified atom stereocenters. The number of hydrogen-bond acceptors (Lipinski definition) is 4. The van der Waals surface area contributed by atoms with Crippen molar-refractivity contribution in [3.8, 4) is 6.07 Å². The molecule has 2 N–H and O–H groups in total. The van der Waals surface area contributed by atoms with Crippen molar-refractivity contribution < 1.29 is 9.90 Å². The van der Waals surface area contributed by atoms with Gasteiger partial charge in [-0.1, -0.05) is 42.5 Å². The molecule has 1 atom stereocenters. The number of thioether (sulfide) groups is 1. The van der Waals surface area contributed by atoms with E-state index in [-0.39, 0.29) is 0 Å². The summed E-state index contributed by atoms with van der Waals surface area (Å²) in [4.78, 5) is 13.1. The Morgan fingerprint density at radius 2 is 1.86 bits per heavy atom. The van der Waals surface area contributed by atoms with Gasteiger partial charge in [0.1, 0.15) is 0 Å². The molecule has 0 bridgehead atoms. The van der Waals surface area contributed by atoms with E-state index in [1.54, 1.807) is 30.3 Å². The number of amides is 1. The molecule has 2 aromatic carbocycles. The molecule has 2 aromatic rings. The predicted molar refractivity (Wildman–Crippen MR) is 87.4 cm³/mol. The molecule has 0 saturated carbocycles. The van der Waals surface area contributed by atoms with Crippen LogP contribution in [0.4, 0.5) is 5.69 Å². The highest BCUT2D eigenvalue weighted by Gasteiger charge is 2.18. The minimum Gasteiger partial charge on any atom is -0.378 e. The SMILES string of the molecule is N#CCCSc1ccccc1NC(=O)C(O)c1ccccc1. The zero-order chi connectivity index (χ0) is 15.8. The van der Waals surface area contributed by atoms with E-state index in [1.807, 2.05) is 24.3 Å². The van der Waals surface area contributed by atoms with Crippen molar-refractivity contribution in [2.75, 3.05) is 11.1 Å². The number of carbonyl (C=O) groups is 1. The first kappa shape index (κ1) is 16.1. The van der Waals surface area contributed by atoms with Crippen LogP contribution >= 0.6 is 11.8 Å². The Morgan fingerprint density at radius 1 is 1.18 bits per heavy atom. The first-order valence-electron chi connectivity index (χ1n) is 6.85. The van der Waals surface area contributed by atoms with Gasteiger partial charge in [-0.05, 0) is 17.7 Å². The summed E-state index contributed by atoms with van der Waals surface area (Å²) in [5, 5.41) is 21.4. The van der Waals surface area contributed by atoms with Crippen LogP contribution in [0.25, 0.3) is 0 Å². The first-order valence-corrected chi connectivity index (χ1v) is 7.83. The number of hydrogen-bond donors (Lipinski definition) is 2. The van der Waals surface area contributed by atoms with E-state index < -0.39 is 12.0 Å². The Bertz CT molecular complexity index is 668. The van der Waals surface area contributed by atoms with Crippen LogP contribution in [0.5, 0.6) is 0 Å². The van der Waals surface area contributed by atoms with E-state index in [2.05, 4.69) is 11.4 Å². The van der Waals surface area contributed by atoms with Gasteiger partial charge in [0, 0.05) is 17.1 Å². The fourth-order valence-corrected chi connectivity index (χ4v) is 2.75. The van der Waals surface area contributed by atoms with Crippen molar-refractivity contribution in [1.29, 1.82) is 5.26 Å². The lowest BCUT2D eigenvalue weighted by molar-refractivity contribution is -0.124. The summed E-state index contributed by atoms with van der Waals surface area (Å²) >= 11 is 1.50. The van der Waals surface area contributed by atoms with Crippen LogP contribution in [-0.2, 0) is 4.79 Å². The average molecular weight is 312 g/mol. The first-order chi connectivity index (χ1) is 10.7. The topological polar surface area (TPSA) is 73.1 Å². The van der Waals surface area contributed by atoms with Crippen molar-refractivity contribution in [3.63, 3.8) is 0 Å². The molecule has 22 heavy (non-hydrogen) atoms. The van der Waals surface area contributed by atoms with E-state index in [0.717, 1.165) is 4.90 Å². The van der Waals surface area contributed by atoms with Crippen LogP contribution in [0, 0.1) is 11.3 Å². The van der Waals surface area contributed by atoms with Gasteiger partial charge in [0.15, 0.2) is 6.10 Å². The Kier molecular flexibility index (Phi) is 6.01. The Balaban J connectivity index is 2.07. The van der Waals surface area contributed by atoms with E-state index >= 15 is 0 Å². The number of rotatable bonds is 6. The zero-order valence-corrected chi connectivity index (χ0v) is 12.7.